The van der Waals surface area contributed by atoms with Gasteiger partial charge in [0, 0.05) is 72.4 Å². The van der Waals surface area contributed by atoms with E-state index in [1.54, 1.807) is 50.6 Å². The highest BCUT2D eigenvalue weighted by Gasteiger charge is 2.47. The van der Waals surface area contributed by atoms with Crippen molar-refractivity contribution in [1.82, 2.24) is 9.44 Å². The monoisotopic (exact) mass is 1310 g/mol. The minimum atomic E-state index is -4.20. The maximum Gasteiger partial charge on any atom is 0.306 e. The van der Waals surface area contributed by atoms with Gasteiger partial charge >= 0.3 is 11.9 Å². The second kappa shape index (κ2) is 27.6. The number of halogens is 2. The van der Waals surface area contributed by atoms with Crippen LogP contribution in [0.15, 0.2) is 97.1 Å². The zero-order chi connectivity index (χ0) is 63.5. The van der Waals surface area contributed by atoms with Crippen molar-refractivity contribution >= 4 is 78.4 Å². The Labute approximate surface area is 538 Å². The largest absolute Gasteiger partial charge is 0.490 e. The molecular formula is C68H82Cl2N4O14S2. The summed E-state index contributed by atoms with van der Waals surface area (Å²) in [5.41, 5.74) is 6.41. The number of anilines is 2. The van der Waals surface area contributed by atoms with E-state index in [1.165, 1.54) is 36.5 Å². The fourth-order valence-electron chi connectivity index (χ4n) is 15.2. The number of amides is 2. The van der Waals surface area contributed by atoms with Crippen LogP contribution in [0.1, 0.15) is 133 Å². The Morgan fingerprint density at radius 3 is 1.38 bits per heavy atom. The lowest BCUT2D eigenvalue weighted by Gasteiger charge is -2.46. The van der Waals surface area contributed by atoms with Gasteiger partial charge in [0.05, 0.1) is 74.4 Å². The van der Waals surface area contributed by atoms with Crippen LogP contribution >= 0.6 is 23.2 Å². The Balaban J connectivity index is 0.000000185. The van der Waals surface area contributed by atoms with Crippen LogP contribution in [0.4, 0.5) is 11.4 Å². The van der Waals surface area contributed by atoms with Crippen molar-refractivity contribution in [2.24, 2.45) is 23.7 Å². The normalized spacial score (nSPS) is 30.0. The summed E-state index contributed by atoms with van der Waals surface area (Å²) in [5.74, 6) is -0.166. The molecule has 2 amide bonds. The van der Waals surface area contributed by atoms with Gasteiger partial charge in [-0.15, -0.1) is 0 Å². The average Bonchev–Trinajstić information content (AvgIpc) is 1.63. The third-order valence-electron chi connectivity index (χ3n) is 20.4. The third kappa shape index (κ3) is 13.9. The molecule has 2 spiro atoms. The zero-order valence-corrected chi connectivity index (χ0v) is 54.7. The van der Waals surface area contributed by atoms with Gasteiger partial charge in [-0.1, -0.05) is 59.6 Å². The topological polar surface area (TPSA) is 222 Å². The van der Waals surface area contributed by atoms with E-state index >= 15 is 0 Å². The van der Waals surface area contributed by atoms with E-state index in [9.17, 15) is 36.0 Å². The lowest BCUT2D eigenvalue weighted by atomic mass is 9.68. The van der Waals surface area contributed by atoms with Crippen molar-refractivity contribution in [2.75, 3.05) is 77.6 Å². The van der Waals surface area contributed by atoms with E-state index in [0.29, 0.717) is 74.3 Å². The lowest BCUT2D eigenvalue weighted by Crippen LogP contribution is -2.49. The zero-order valence-electron chi connectivity index (χ0n) is 51.6. The maximum atomic E-state index is 13.5. The number of allylic oxidation sites excluding steroid dienone is 2. The number of carbonyl (C=O) groups is 4. The molecule has 4 aliphatic carbocycles. The first-order chi connectivity index (χ1) is 43.2. The van der Waals surface area contributed by atoms with Gasteiger partial charge in [-0.05, 0) is 196 Å². The number of aryl methyl sites for hydroxylation is 2. The van der Waals surface area contributed by atoms with Crippen LogP contribution in [-0.4, -0.2) is 131 Å². The molecule has 4 aromatic rings. The molecule has 0 aromatic heterocycles. The SMILES string of the molecule is COC(=O)C[C@@H]1CC/C=C/[C@H](OC)[C@@H]2CC[C@H]2CN2C[C@@]3(CCCc4cc(Cl)ccc43)COc3ccc(cc32)C(=O)NS1(=O)=O.COC(=O)C[C@H]1CC/C=C/[C@H](OC)[C@@H]2CC[C@H]2CN2C[C@@]3(CCCc4cc(Cl)ccc43)COc3ccc(cc32)C(=O)NS1(=O)=O. The molecule has 484 valence electrons. The highest BCUT2D eigenvalue weighted by Crippen LogP contribution is 2.50. The number of hydrogen-bond donors (Lipinski definition) is 2. The van der Waals surface area contributed by atoms with E-state index < -0.39 is 54.3 Å². The minimum Gasteiger partial charge on any atom is -0.490 e. The minimum absolute atomic E-state index is 0.118. The highest BCUT2D eigenvalue weighted by atomic mass is 35.5. The Bertz CT molecular complexity index is 3420. The second-order valence-electron chi connectivity index (χ2n) is 25.7. The maximum absolute atomic E-state index is 13.5. The van der Waals surface area contributed by atoms with Crippen LogP contribution < -0.4 is 28.7 Å². The molecule has 22 heteroatoms. The van der Waals surface area contributed by atoms with Gasteiger partial charge in [0.25, 0.3) is 11.8 Å². The van der Waals surface area contributed by atoms with Crippen LogP contribution in [0.3, 0.4) is 0 Å². The van der Waals surface area contributed by atoms with Gasteiger partial charge in [-0.2, -0.15) is 0 Å². The second-order valence-corrected chi connectivity index (χ2v) is 30.5. The number of nitrogens with zero attached hydrogens (tertiary/aromatic N) is 2. The van der Waals surface area contributed by atoms with Crippen molar-refractivity contribution in [2.45, 2.75) is 136 Å². The summed E-state index contributed by atoms with van der Waals surface area (Å²) in [6.07, 6.45) is 18.1. The van der Waals surface area contributed by atoms with Crippen molar-refractivity contribution in [3.63, 3.8) is 0 Å². The Hall–Kier alpha value is -6.16. The van der Waals surface area contributed by atoms with Gasteiger partial charge in [-0.25, -0.2) is 26.3 Å². The Kier molecular flexibility index (Phi) is 20.0. The van der Waals surface area contributed by atoms with Crippen molar-refractivity contribution in [1.29, 1.82) is 0 Å². The van der Waals surface area contributed by atoms with E-state index in [-0.39, 0.29) is 59.8 Å². The fraction of sp³-hybridized carbons (Fsp3) is 0.529. The smallest absolute Gasteiger partial charge is 0.306 e. The molecule has 2 saturated carbocycles. The van der Waals surface area contributed by atoms with Gasteiger partial charge in [0.1, 0.15) is 11.5 Å². The van der Waals surface area contributed by atoms with Crippen LogP contribution in [0.5, 0.6) is 11.5 Å². The first kappa shape index (κ1) is 65.3. The van der Waals surface area contributed by atoms with E-state index in [1.807, 2.05) is 36.4 Å². The van der Waals surface area contributed by atoms with E-state index in [2.05, 4.69) is 43.5 Å². The van der Waals surface area contributed by atoms with Crippen LogP contribution in [0.2, 0.25) is 10.0 Å². The standard InChI is InChI=1S/2C34H41ClN2O7S/c2*1-42-30-8-4-3-7-26(18-32(38)43-2)45(40,41)36-33(39)23-10-14-31-29(17-23)37(19-24-9-12-27(24)30)20-34(21-44-31)15-5-6-22-16-25(35)11-13-28(22)34/h2*4,8,10-11,13-14,16-17,24,26-27,30H,3,5-7,9,12,15,18-21H2,1-2H3,(H,36,39)/b2*8-4+/t24-,26+,27+,30-,34-;24-,26-,27+,30-,34-/m00/s1. The number of sulfonamides is 2. The molecule has 2 N–H and O–H groups in total. The molecule has 12 rings (SSSR count). The number of benzene rings is 4. The van der Waals surface area contributed by atoms with E-state index in [4.69, 9.17) is 51.6 Å². The number of esters is 2. The molecule has 18 nitrogen and oxygen atoms in total. The molecular weight excluding hydrogens is 1230 g/mol. The van der Waals surface area contributed by atoms with Crippen molar-refractivity contribution in [3.8, 4) is 11.5 Å². The molecule has 8 aliphatic rings. The number of carbonyl (C=O) groups excluding carboxylic acids is 4. The molecule has 4 bridgehead atoms. The first-order valence-electron chi connectivity index (χ1n) is 31.5. The van der Waals surface area contributed by atoms with Gasteiger partial charge in [0.15, 0.2) is 0 Å². The van der Waals surface area contributed by atoms with Crippen molar-refractivity contribution < 1.29 is 64.4 Å². The summed E-state index contributed by atoms with van der Waals surface area (Å²) in [4.78, 5) is 55.9. The predicted octanol–water partition coefficient (Wildman–Crippen LogP) is 10.4. The van der Waals surface area contributed by atoms with Gasteiger partial charge in [0.2, 0.25) is 20.0 Å². The Morgan fingerprint density at radius 2 is 1.00 bits per heavy atom. The van der Waals surface area contributed by atoms with Gasteiger partial charge in [-0.3, -0.25) is 19.2 Å². The number of rotatable bonds is 6. The number of methoxy groups -OCH3 is 4. The molecule has 4 heterocycles. The molecule has 0 saturated heterocycles. The summed E-state index contributed by atoms with van der Waals surface area (Å²) in [6, 6.07) is 22.5. The van der Waals surface area contributed by atoms with Crippen LogP contribution in [0, 0.1) is 23.7 Å². The summed E-state index contributed by atoms with van der Waals surface area (Å²) in [6.45, 7) is 3.86. The van der Waals surface area contributed by atoms with Crippen LogP contribution in [0.25, 0.3) is 0 Å². The quantitative estimate of drug-likeness (QED) is 0.135. The number of nitrogens with one attached hydrogen (secondary N) is 2. The van der Waals surface area contributed by atoms with Gasteiger partial charge < -0.3 is 38.2 Å². The summed E-state index contributed by atoms with van der Waals surface area (Å²) in [7, 11) is -2.55. The summed E-state index contributed by atoms with van der Waals surface area (Å²) < 4.78 is 92.8. The molecule has 2 fully saturated rings. The molecule has 0 radical (unpaired) electrons. The molecule has 4 aromatic carbocycles. The first-order valence-corrected chi connectivity index (χ1v) is 35.4. The molecule has 90 heavy (non-hydrogen) atoms. The van der Waals surface area contributed by atoms with Crippen LogP contribution in [-0.2, 0) is 72.3 Å². The third-order valence-corrected chi connectivity index (χ3v) is 24.4. The lowest BCUT2D eigenvalue weighted by molar-refractivity contribution is -0.141. The molecule has 10 atom stereocenters. The predicted molar refractivity (Wildman–Crippen MR) is 345 cm³/mol. The summed E-state index contributed by atoms with van der Waals surface area (Å²) in [5, 5.41) is -0.818. The average molecular weight is 1310 g/mol. The number of fused-ring (bicyclic) bond motifs is 8. The van der Waals surface area contributed by atoms with Crippen molar-refractivity contribution in [3.05, 3.63) is 141 Å². The van der Waals surface area contributed by atoms with E-state index in [0.717, 1.165) is 98.7 Å². The molecule has 0 unspecified atom stereocenters. The number of hydrogen-bond acceptors (Lipinski definition) is 16. The highest BCUT2D eigenvalue weighted by molar-refractivity contribution is 7.91. The fourth-order valence-corrected chi connectivity index (χ4v) is 18.3. The molecule has 4 aliphatic heterocycles. The number of ether oxygens (including phenoxy) is 6. The Morgan fingerprint density at radius 1 is 0.578 bits per heavy atom. The summed E-state index contributed by atoms with van der Waals surface area (Å²) >= 11 is 12.8.